The van der Waals surface area contributed by atoms with Gasteiger partial charge in [0.2, 0.25) is 0 Å². The van der Waals surface area contributed by atoms with E-state index in [2.05, 4.69) is 20.8 Å². The summed E-state index contributed by atoms with van der Waals surface area (Å²) in [4.78, 5) is 1.58. The maximum atomic E-state index is 3.94. The molecule has 0 amide bonds. The minimum atomic E-state index is 0.822. The van der Waals surface area contributed by atoms with E-state index >= 15 is 0 Å². The first-order valence-corrected chi connectivity index (χ1v) is 2.83. The molecule has 0 spiro atoms. The topological polar surface area (TPSA) is 60.0 Å². The van der Waals surface area contributed by atoms with E-state index in [1.807, 2.05) is 0 Å². The molecular formula is C4H6N6. The van der Waals surface area contributed by atoms with Crippen LogP contribution >= 0.6 is 0 Å². The fourth-order valence-electron chi connectivity index (χ4n) is 0.804. The van der Waals surface area contributed by atoms with Gasteiger partial charge < -0.3 is 5.43 Å². The summed E-state index contributed by atoms with van der Waals surface area (Å²) >= 11 is 0. The van der Waals surface area contributed by atoms with Gasteiger partial charge in [-0.2, -0.15) is 9.31 Å². The van der Waals surface area contributed by atoms with Crippen LogP contribution in [0, 0.1) is 0 Å². The minimum absolute atomic E-state index is 0.822. The van der Waals surface area contributed by atoms with E-state index in [1.54, 1.807) is 28.9 Å². The van der Waals surface area contributed by atoms with Gasteiger partial charge in [0.05, 0.1) is 6.20 Å². The summed E-state index contributed by atoms with van der Waals surface area (Å²) in [6, 6.07) is 0. The molecule has 0 bridgehead atoms. The molecule has 2 aromatic heterocycles. The fourth-order valence-corrected chi connectivity index (χ4v) is 0.804. The maximum absolute atomic E-state index is 3.94. The van der Waals surface area contributed by atoms with Crippen molar-refractivity contribution in [2.75, 3.05) is 12.5 Å². The summed E-state index contributed by atoms with van der Waals surface area (Å²) < 4.78 is 1.58. The zero-order valence-electron chi connectivity index (χ0n) is 5.39. The number of nitrogens with zero attached hydrogens (tertiary/aromatic N) is 5. The zero-order valence-corrected chi connectivity index (χ0v) is 5.39. The van der Waals surface area contributed by atoms with Gasteiger partial charge in [-0.05, 0) is 0 Å². The lowest BCUT2D eigenvalue weighted by Crippen LogP contribution is -2.09. The van der Waals surface area contributed by atoms with E-state index in [4.69, 9.17) is 0 Å². The summed E-state index contributed by atoms with van der Waals surface area (Å²) in [6.45, 7) is 0. The molecule has 1 N–H and O–H groups in total. The van der Waals surface area contributed by atoms with Crippen molar-refractivity contribution in [3.63, 3.8) is 0 Å². The minimum Gasteiger partial charge on any atom is -0.311 e. The molecular weight excluding hydrogens is 132 g/mol. The Hall–Kier alpha value is -1.59. The molecule has 0 radical (unpaired) electrons. The number of rotatable bonds is 1. The molecule has 0 aliphatic heterocycles. The van der Waals surface area contributed by atoms with Crippen LogP contribution in [0.2, 0.25) is 0 Å². The summed E-state index contributed by atoms with van der Waals surface area (Å²) in [5.41, 5.74) is 3.66. The third-order valence-electron chi connectivity index (χ3n) is 1.26. The van der Waals surface area contributed by atoms with E-state index in [0.29, 0.717) is 0 Å². The van der Waals surface area contributed by atoms with Gasteiger partial charge in [-0.1, -0.05) is 5.21 Å². The van der Waals surface area contributed by atoms with Crippen molar-refractivity contribution >= 4 is 5.65 Å². The SMILES string of the molecule is CNn1ncn2nncc12. The molecule has 2 heterocycles. The number of fused-ring (bicyclic) bond motifs is 1. The smallest absolute Gasteiger partial charge is 0.196 e. The molecule has 0 aromatic carbocycles. The van der Waals surface area contributed by atoms with Crippen LogP contribution in [0.15, 0.2) is 12.5 Å². The molecule has 0 unspecified atom stereocenters. The molecule has 6 heteroatoms. The molecule has 2 rings (SSSR count). The Morgan fingerprint density at radius 1 is 1.60 bits per heavy atom. The van der Waals surface area contributed by atoms with E-state index < -0.39 is 0 Å². The lowest BCUT2D eigenvalue weighted by Gasteiger charge is -1.94. The Labute approximate surface area is 56.4 Å². The molecule has 0 fully saturated rings. The first-order chi connectivity index (χ1) is 4.92. The zero-order chi connectivity index (χ0) is 6.97. The van der Waals surface area contributed by atoms with Crippen LogP contribution in [0.5, 0.6) is 0 Å². The van der Waals surface area contributed by atoms with Gasteiger partial charge in [0.1, 0.15) is 6.33 Å². The number of hydrogen-bond donors (Lipinski definition) is 1. The molecule has 0 saturated carbocycles. The normalized spacial score (nSPS) is 10.5. The summed E-state index contributed by atoms with van der Waals surface area (Å²) in [5.74, 6) is 0. The van der Waals surface area contributed by atoms with Gasteiger partial charge >= 0.3 is 0 Å². The lowest BCUT2D eigenvalue weighted by molar-refractivity contribution is 0.806. The fraction of sp³-hybridized carbons (Fsp3) is 0.250. The Bertz CT molecular complexity index is 332. The number of hydrogen-bond acceptors (Lipinski definition) is 4. The highest BCUT2D eigenvalue weighted by molar-refractivity contribution is 5.32. The summed E-state index contributed by atoms with van der Waals surface area (Å²) in [5, 5.41) is 11.4. The highest BCUT2D eigenvalue weighted by Crippen LogP contribution is 1.93. The Balaban J connectivity index is 2.76. The quantitative estimate of drug-likeness (QED) is 0.554. The molecule has 6 nitrogen and oxygen atoms in total. The number of nitrogens with one attached hydrogen (secondary N) is 1. The highest BCUT2D eigenvalue weighted by Gasteiger charge is 1.99. The Kier molecular flexibility index (Phi) is 0.883. The number of aromatic nitrogens is 5. The average Bonchev–Trinajstić information content (AvgIpc) is 2.44. The van der Waals surface area contributed by atoms with Crippen LogP contribution in [0.1, 0.15) is 0 Å². The molecule has 2 aromatic rings. The highest BCUT2D eigenvalue weighted by atomic mass is 15.6. The van der Waals surface area contributed by atoms with E-state index in [1.165, 1.54) is 0 Å². The van der Waals surface area contributed by atoms with E-state index in [9.17, 15) is 0 Å². The standard InChI is InChI=1S/C4H6N6/c1-5-10-4-2-6-8-9(4)3-7-10/h2-3,5H,1H3. The van der Waals surface area contributed by atoms with Crippen molar-refractivity contribution in [1.29, 1.82) is 0 Å². The predicted molar refractivity (Wildman–Crippen MR) is 34.1 cm³/mol. The lowest BCUT2D eigenvalue weighted by atomic mass is 10.8. The van der Waals surface area contributed by atoms with Gasteiger partial charge in [-0.15, -0.1) is 10.2 Å². The van der Waals surface area contributed by atoms with Crippen LogP contribution in [-0.4, -0.2) is 31.8 Å². The van der Waals surface area contributed by atoms with Gasteiger partial charge in [0.25, 0.3) is 0 Å². The van der Waals surface area contributed by atoms with Crippen LogP contribution < -0.4 is 5.43 Å². The van der Waals surface area contributed by atoms with Gasteiger partial charge in [0, 0.05) is 7.05 Å². The third kappa shape index (κ3) is 0.498. The van der Waals surface area contributed by atoms with Gasteiger partial charge in [-0.3, -0.25) is 0 Å². The average molecular weight is 138 g/mol. The third-order valence-corrected chi connectivity index (χ3v) is 1.26. The van der Waals surface area contributed by atoms with Crippen molar-refractivity contribution in [2.45, 2.75) is 0 Å². The van der Waals surface area contributed by atoms with Crippen molar-refractivity contribution < 1.29 is 0 Å². The van der Waals surface area contributed by atoms with Crippen LogP contribution in [0.4, 0.5) is 0 Å². The summed E-state index contributed by atoms with van der Waals surface area (Å²) in [6.07, 6.45) is 3.21. The molecule has 10 heavy (non-hydrogen) atoms. The Morgan fingerprint density at radius 2 is 2.50 bits per heavy atom. The van der Waals surface area contributed by atoms with Crippen molar-refractivity contribution in [2.24, 2.45) is 0 Å². The largest absolute Gasteiger partial charge is 0.311 e. The Morgan fingerprint density at radius 3 is 3.30 bits per heavy atom. The van der Waals surface area contributed by atoms with E-state index in [-0.39, 0.29) is 0 Å². The van der Waals surface area contributed by atoms with Crippen molar-refractivity contribution in [3.05, 3.63) is 12.5 Å². The van der Waals surface area contributed by atoms with Gasteiger partial charge in [-0.25, -0.2) is 0 Å². The van der Waals surface area contributed by atoms with Crippen LogP contribution in [-0.2, 0) is 0 Å². The van der Waals surface area contributed by atoms with Crippen molar-refractivity contribution in [3.8, 4) is 0 Å². The first-order valence-electron chi connectivity index (χ1n) is 2.83. The second kappa shape index (κ2) is 1.69. The summed E-state index contributed by atoms with van der Waals surface area (Å²) in [7, 11) is 1.78. The second-order valence-electron chi connectivity index (χ2n) is 1.80. The monoisotopic (exact) mass is 138 g/mol. The molecule has 0 aliphatic rings. The van der Waals surface area contributed by atoms with Crippen LogP contribution in [0.25, 0.3) is 5.65 Å². The van der Waals surface area contributed by atoms with Crippen molar-refractivity contribution in [1.82, 2.24) is 24.7 Å². The first kappa shape index (κ1) is 5.21. The van der Waals surface area contributed by atoms with Gasteiger partial charge in [0.15, 0.2) is 5.65 Å². The predicted octanol–water partition coefficient (Wildman–Crippen LogP) is -0.901. The van der Waals surface area contributed by atoms with E-state index in [0.717, 1.165) is 5.65 Å². The molecule has 0 aliphatic carbocycles. The van der Waals surface area contributed by atoms with Crippen LogP contribution in [0.3, 0.4) is 0 Å². The molecule has 0 saturated heterocycles. The maximum Gasteiger partial charge on any atom is 0.196 e. The molecule has 0 atom stereocenters. The second-order valence-corrected chi connectivity index (χ2v) is 1.80. The molecule has 52 valence electrons.